The lowest BCUT2D eigenvalue weighted by Crippen LogP contribution is -2.26. The van der Waals surface area contributed by atoms with Gasteiger partial charge in [-0.05, 0) is 24.6 Å². The molecule has 0 saturated carbocycles. The highest BCUT2D eigenvalue weighted by Gasteiger charge is 2.35. The van der Waals surface area contributed by atoms with E-state index in [4.69, 9.17) is 0 Å². The van der Waals surface area contributed by atoms with Crippen molar-refractivity contribution in [3.05, 3.63) is 53.6 Å². The number of hydrogen-bond donors (Lipinski definition) is 1. The van der Waals surface area contributed by atoms with Gasteiger partial charge in [-0.2, -0.15) is 13.2 Å². The van der Waals surface area contributed by atoms with E-state index in [0.717, 1.165) is 12.5 Å². The van der Waals surface area contributed by atoms with E-state index in [9.17, 15) is 13.2 Å². The molecule has 114 valence electrons. The summed E-state index contributed by atoms with van der Waals surface area (Å²) in [4.78, 5) is 4.20. The van der Waals surface area contributed by atoms with Crippen molar-refractivity contribution < 1.29 is 13.2 Å². The summed E-state index contributed by atoms with van der Waals surface area (Å²) in [7, 11) is 1.79. The molecule has 0 bridgehead atoms. The summed E-state index contributed by atoms with van der Waals surface area (Å²) < 4.78 is 41.3. The van der Waals surface area contributed by atoms with E-state index in [-0.39, 0.29) is 5.56 Å². The maximum absolute atomic E-state index is 13.2. The van der Waals surface area contributed by atoms with Gasteiger partial charge in [0.25, 0.3) is 0 Å². The molecule has 1 aromatic heterocycles. The normalized spacial score (nSPS) is 13.4. The van der Waals surface area contributed by atoms with Gasteiger partial charge in [-0.25, -0.2) is 4.98 Å². The molecule has 0 radical (unpaired) electrons. The first-order valence-corrected chi connectivity index (χ1v) is 6.81. The van der Waals surface area contributed by atoms with Gasteiger partial charge in [-0.1, -0.05) is 25.1 Å². The Morgan fingerprint density at radius 2 is 2.00 bits per heavy atom. The van der Waals surface area contributed by atoms with Gasteiger partial charge < -0.3 is 9.88 Å². The largest absolute Gasteiger partial charge is 0.416 e. The number of halogens is 3. The summed E-state index contributed by atoms with van der Waals surface area (Å²) in [5.74, 6) is 0. The highest BCUT2D eigenvalue weighted by atomic mass is 19.4. The van der Waals surface area contributed by atoms with Crippen LogP contribution < -0.4 is 5.32 Å². The average molecular weight is 297 g/mol. The quantitative estimate of drug-likeness (QED) is 0.915. The topological polar surface area (TPSA) is 29.9 Å². The number of benzene rings is 1. The molecule has 1 heterocycles. The molecule has 1 aromatic carbocycles. The Hall–Kier alpha value is -1.82. The number of aromatic nitrogens is 2. The van der Waals surface area contributed by atoms with Crippen LogP contribution in [0, 0.1) is 0 Å². The van der Waals surface area contributed by atoms with E-state index in [0.29, 0.717) is 12.2 Å². The number of alkyl halides is 3. The molecule has 0 fully saturated rings. The maximum Gasteiger partial charge on any atom is 0.416 e. The molecule has 2 rings (SSSR count). The first-order chi connectivity index (χ1) is 9.93. The third-order valence-corrected chi connectivity index (χ3v) is 3.20. The number of nitrogens with zero attached hydrogens (tertiary/aromatic N) is 2. The van der Waals surface area contributed by atoms with E-state index in [1.54, 1.807) is 30.2 Å². The lowest BCUT2D eigenvalue weighted by Gasteiger charge is -2.21. The summed E-state index contributed by atoms with van der Waals surface area (Å²) >= 11 is 0. The second-order valence-electron chi connectivity index (χ2n) is 4.94. The molecule has 21 heavy (non-hydrogen) atoms. The van der Waals surface area contributed by atoms with Crippen molar-refractivity contribution >= 4 is 0 Å². The van der Waals surface area contributed by atoms with Crippen LogP contribution in [0.25, 0.3) is 0 Å². The molecule has 1 unspecified atom stereocenters. The fourth-order valence-electron chi connectivity index (χ4n) is 2.25. The Balaban J connectivity index is 2.46. The van der Waals surface area contributed by atoms with Crippen LogP contribution in [0.4, 0.5) is 13.2 Å². The zero-order valence-electron chi connectivity index (χ0n) is 12.0. The van der Waals surface area contributed by atoms with Gasteiger partial charge in [0, 0.05) is 13.2 Å². The number of aryl methyl sites for hydroxylation is 1. The predicted octanol–water partition coefficient (Wildman–Crippen LogP) is 3.53. The van der Waals surface area contributed by atoms with Crippen molar-refractivity contribution in [2.24, 2.45) is 7.05 Å². The molecule has 3 nitrogen and oxygen atoms in total. The van der Waals surface area contributed by atoms with Crippen molar-refractivity contribution in [2.75, 3.05) is 6.54 Å². The minimum absolute atomic E-state index is 0.206. The molecule has 0 aliphatic heterocycles. The summed E-state index contributed by atoms with van der Waals surface area (Å²) in [5, 5.41) is 3.15. The zero-order valence-corrected chi connectivity index (χ0v) is 12.0. The summed E-state index contributed by atoms with van der Waals surface area (Å²) in [6, 6.07) is 5.07. The minimum atomic E-state index is -4.38. The Bertz CT molecular complexity index is 590. The lowest BCUT2D eigenvalue weighted by molar-refractivity contribution is -0.138. The molecular formula is C15H18F3N3. The maximum atomic E-state index is 13.2. The minimum Gasteiger partial charge on any atom is -0.340 e. The first-order valence-electron chi connectivity index (χ1n) is 6.81. The standard InChI is InChI=1S/C15H18F3N3/c1-3-8-19-14(13-9-21(2)10-20-13)11-6-4-5-7-12(11)15(16,17)18/h4-7,9-10,14,19H,3,8H2,1-2H3. The highest BCUT2D eigenvalue weighted by Crippen LogP contribution is 2.36. The van der Waals surface area contributed by atoms with Crippen molar-refractivity contribution in [2.45, 2.75) is 25.6 Å². The van der Waals surface area contributed by atoms with Gasteiger partial charge in [0.2, 0.25) is 0 Å². The fourth-order valence-corrected chi connectivity index (χ4v) is 2.25. The monoisotopic (exact) mass is 297 g/mol. The molecule has 0 amide bonds. The highest BCUT2D eigenvalue weighted by molar-refractivity contribution is 5.36. The molecular weight excluding hydrogens is 279 g/mol. The first kappa shape index (κ1) is 15.6. The van der Waals surface area contributed by atoms with Gasteiger partial charge in [0.1, 0.15) is 0 Å². The van der Waals surface area contributed by atoms with Crippen molar-refractivity contribution in [1.82, 2.24) is 14.9 Å². The van der Waals surface area contributed by atoms with Crippen LogP contribution in [0.2, 0.25) is 0 Å². The molecule has 1 atom stereocenters. The van der Waals surface area contributed by atoms with Crippen molar-refractivity contribution in [3.8, 4) is 0 Å². The number of hydrogen-bond acceptors (Lipinski definition) is 2. The molecule has 2 aromatic rings. The fraction of sp³-hybridized carbons (Fsp3) is 0.400. The van der Waals surface area contributed by atoms with Crippen molar-refractivity contribution in [3.63, 3.8) is 0 Å². The Morgan fingerprint density at radius 1 is 1.29 bits per heavy atom. The Morgan fingerprint density at radius 3 is 2.57 bits per heavy atom. The van der Waals surface area contributed by atoms with Gasteiger partial charge in [0.05, 0.1) is 23.6 Å². The van der Waals surface area contributed by atoms with Gasteiger partial charge >= 0.3 is 6.18 Å². The second kappa shape index (κ2) is 6.30. The van der Waals surface area contributed by atoms with Crippen LogP contribution in [-0.2, 0) is 13.2 Å². The molecule has 0 aliphatic carbocycles. The van der Waals surface area contributed by atoms with Gasteiger partial charge in [-0.3, -0.25) is 0 Å². The summed E-state index contributed by atoms with van der Waals surface area (Å²) in [5.41, 5.74) is 0.170. The van der Waals surface area contributed by atoms with Crippen LogP contribution in [0.15, 0.2) is 36.8 Å². The lowest BCUT2D eigenvalue weighted by atomic mass is 9.97. The molecule has 0 saturated heterocycles. The Kier molecular flexibility index (Phi) is 4.67. The van der Waals surface area contributed by atoms with Crippen LogP contribution in [0.5, 0.6) is 0 Å². The van der Waals surface area contributed by atoms with Gasteiger partial charge in [-0.15, -0.1) is 0 Å². The predicted molar refractivity (Wildman–Crippen MR) is 74.8 cm³/mol. The summed E-state index contributed by atoms with van der Waals surface area (Å²) in [6.45, 7) is 2.59. The Labute approximate surface area is 121 Å². The van der Waals surface area contributed by atoms with E-state index in [2.05, 4.69) is 10.3 Å². The second-order valence-corrected chi connectivity index (χ2v) is 4.94. The third kappa shape index (κ3) is 3.64. The van der Waals surface area contributed by atoms with E-state index in [1.807, 2.05) is 6.92 Å². The average Bonchev–Trinajstić information content (AvgIpc) is 2.85. The van der Waals surface area contributed by atoms with Crippen LogP contribution in [0.1, 0.15) is 36.2 Å². The van der Waals surface area contributed by atoms with Gasteiger partial charge in [0.15, 0.2) is 0 Å². The molecule has 1 N–H and O–H groups in total. The van der Waals surface area contributed by atoms with E-state index in [1.165, 1.54) is 12.1 Å². The van der Waals surface area contributed by atoms with E-state index >= 15 is 0 Å². The van der Waals surface area contributed by atoms with Crippen LogP contribution >= 0.6 is 0 Å². The third-order valence-electron chi connectivity index (χ3n) is 3.20. The van der Waals surface area contributed by atoms with Crippen LogP contribution in [-0.4, -0.2) is 16.1 Å². The van der Waals surface area contributed by atoms with Crippen molar-refractivity contribution in [1.29, 1.82) is 0 Å². The van der Waals surface area contributed by atoms with Crippen LogP contribution in [0.3, 0.4) is 0 Å². The number of rotatable bonds is 5. The SMILES string of the molecule is CCCNC(c1cn(C)cn1)c1ccccc1C(F)(F)F. The smallest absolute Gasteiger partial charge is 0.340 e. The zero-order chi connectivity index (χ0) is 15.5. The molecule has 6 heteroatoms. The summed E-state index contributed by atoms with van der Waals surface area (Å²) in [6.07, 6.45) is -0.221. The number of nitrogens with one attached hydrogen (secondary N) is 1. The number of imidazole rings is 1. The molecule has 0 spiro atoms. The van der Waals surface area contributed by atoms with E-state index < -0.39 is 17.8 Å². The molecule has 0 aliphatic rings.